The SMILES string of the molecule is COCc1cc(=O)c(OCc2ccccc2)c(C(=O)OC)n1NC(=O)OC(C)(C)C. The van der Waals surface area contributed by atoms with Gasteiger partial charge in [-0.1, -0.05) is 30.3 Å². The molecule has 2 rings (SSSR count). The average Bonchev–Trinajstić information content (AvgIpc) is 2.67. The lowest BCUT2D eigenvalue weighted by molar-refractivity contribution is 0.0569. The zero-order valence-electron chi connectivity index (χ0n) is 17.7. The number of nitrogens with one attached hydrogen (secondary N) is 1. The predicted octanol–water partition coefficient (Wildman–Crippen LogP) is 2.84. The van der Waals surface area contributed by atoms with Gasteiger partial charge in [0.15, 0.2) is 11.4 Å². The van der Waals surface area contributed by atoms with Gasteiger partial charge < -0.3 is 18.9 Å². The van der Waals surface area contributed by atoms with E-state index in [0.717, 1.165) is 17.3 Å². The van der Waals surface area contributed by atoms with E-state index in [2.05, 4.69) is 5.43 Å². The van der Waals surface area contributed by atoms with E-state index in [9.17, 15) is 14.4 Å². The van der Waals surface area contributed by atoms with Gasteiger partial charge in [-0.3, -0.25) is 4.79 Å². The Kier molecular flexibility index (Phi) is 7.60. The Hall–Kier alpha value is -3.33. The number of nitrogens with zero attached hydrogens (tertiary/aromatic N) is 1. The van der Waals surface area contributed by atoms with Crippen LogP contribution in [0, 0.1) is 0 Å². The molecule has 9 nitrogen and oxygen atoms in total. The molecule has 1 aromatic carbocycles. The highest BCUT2D eigenvalue weighted by atomic mass is 16.6. The third-order valence-corrected chi connectivity index (χ3v) is 3.75. The van der Waals surface area contributed by atoms with Crippen molar-refractivity contribution in [1.82, 2.24) is 4.68 Å². The molecule has 0 spiro atoms. The zero-order chi connectivity index (χ0) is 22.3. The lowest BCUT2D eigenvalue weighted by atomic mass is 10.2. The van der Waals surface area contributed by atoms with E-state index in [-0.39, 0.29) is 30.4 Å². The maximum atomic E-state index is 12.7. The monoisotopic (exact) mass is 418 g/mol. The van der Waals surface area contributed by atoms with Gasteiger partial charge in [0, 0.05) is 13.2 Å². The van der Waals surface area contributed by atoms with Crippen molar-refractivity contribution in [1.29, 1.82) is 0 Å². The number of ether oxygens (including phenoxy) is 4. The zero-order valence-corrected chi connectivity index (χ0v) is 17.7. The van der Waals surface area contributed by atoms with Gasteiger partial charge >= 0.3 is 12.1 Å². The summed E-state index contributed by atoms with van der Waals surface area (Å²) in [6, 6.07) is 10.3. The van der Waals surface area contributed by atoms with Gasteiger partial charge in [0.2, 0.25) is 5.43 Å². The minimum absolute atomic E-state index is 0.0378. The van der Waals surface area contributed by atoms with Crippen molar-refractivity contribution in [2.75, 3.05) is 19.6 Å². The van der Waals surface area contributed by atoms with E-state index in [1.165, 1.54) is 13.2 Å². The summed E-state index contributed by atoms with van der Waals surface area (Å²) in [5, 5.41) is 0. The fourth-order valence-electron chi connectivity index (χ4n) is 2.57. The van der Waals surface area contributed by atoms with Crippen LogP contribution in [-0.4, -0.2) is 36.6 Å². The van der Waals surface area contributed by atoms with E-state index in [1.54, 1.807) is 20.8 Å². The number of amides is 1. The minimum atomic E-state index is -0.871. The fraction of sp³-hybridized carbons (Fsp3) is 0.381. The second kappa shape index (κ2) is 9.93. The van der Waals surface area contributed by atoms with Crippen molar-refractivity contribution in [2.24, 2.45) is 0 Å². The molecule has 162 valence electrons. The first-order valence-corrected chi connectivity index (χ1v) is 9.19. The number of esters is 1. The number of methoxy groups -OCH3 is 2. The molecule has 0 aliphatic carbocycles. The highest BCUT2D eigenvalue weighted by molar-refractivity contribution is 5.91. The Morgan fingerprint density at radius 1 is 1.07 bits per heavy atom. The van der Waals surface area contributed by atoms with Gasteiger partial charge in [0.1, 0.15) is 12.2 Å². The largest absolute Gasteiger partial charge is 0.482 e. The second-order valence-electron chi connectivity index (χ2n) is 7.33. The fourth-order valence-corrected chi connectivity index (χ4v) is 2.57. The molecule has 0 unspecified atom stereocenters. The number of rotatable bonds is 7. The Morgan fingerprint density at radius 3 is 2.30 bits per heavy atom. The van der Waals surface area contributed by atoms with Crippen molar-refractivity contribution in [3.8, 4) is 5.75 Å². The normalized spacial score (nSPS) is 11.0. The molecule has 9 heteroatoms. The van der Waals surface area contributed by atoms with Gasteiger partial charge in [-0.25, -0.2) is 19.7 Å². The molecule has 0 radical (unpaired) electrons. The standard InChI is InChI=1S/C21H26N2O7/c1-21(2,3)30-20(26)22-23-15(13-27-4)11-16(24)18(17(23)19(25)28-5)29-12-14-9-7-6-8-10-14/h6-11H,12-13H2,1-5H3,(H,22,26). The van der Waals surface area contributed by atoms with Crippen LogP contribution in [0.3, 0.4) is 0 Å². The molecule has 0 aliphatic heterocycles. The highest BCUT2D eigenvalue weighted by Crippen LogP contribution is 2.19. The van der Waals surface area contributed by atoms with Crippen LogP contribution in [0.5, 0.6) is 5.75 Å². The van der Waals surface area contributed by atoms with Crippen LogP contribution in [0.4, 0.5) is 4.79 Å². The van der Waals surface area contributed by atoms with Gasteiger partial charge in [-0.15, -0.1) is 0 Å². The van der Waals surface area contributed by atoms with E-state index in [4.69, 9.17) is 18.9 Å². The third-order valence-electron chi connectivity index (χ3n) is 3.75. The Morgan fingerprint density at radius 2 is 1.73 bits per heavy atom. The van der Waals surface area contributed by atoms with E-state index in [1.807, 2.05) is 30.3 Å². The number of aromatic nitrogens is 1. The molecular formula is C21H26N2O7. The number of hydrogen-bond donors (Lipinski definition) is 1. The number of benzene rings is 1. The minimum Gasteiger partial charge on any atom is -0.482 e. The molecule has 30 heavy (non-hydrogen) atoms. The molecule has 0 bridgehead atoms. The maximum Gasteiger partial charge on any atom is 0.426 e. The van der Waals surface area contributed by atoms with E-state index >= 15 is 0 Å². The van der Waals surface area contributed by atoms with Crippen molar-refractivity contribution in [2.45, 2.75) is 39.6 Å². The topological polar surface area (TPSA) is 105 Å². The summed E-state index contributed by atoms with van der Waals surface area (Å²) in [7, 11) is 2.58. The summed E-state index contributed by atoms with van der Waals surface area (Å²) in [6.07, 6.45) is -0.831. The molecular weight excluding hydrogens is 392 g/mol. The Labute approximate surface area is 174 Å². The highest BCUT2D eigenvalue weighted by Gasteiger charge is 2.26. The number of carbonyl (C=O) groups is 2. The van der Waals surface area contributed by atoms with Crippen molar-refractivity contribution >= 4 is 12.1 Å². The van der Waals surface area contributed by atoms with E-state index in [0.29, 0.717) is 0 Å². The number of carbonyl (C=O) groups excluding carboxylic acids is 2. The molecule has 1 N–H and O–H groups in total. The van der Waals surface area contributed by atoms with Crippen LogP contribution in [0.2, 0.25) is 0 Å². The smallest absolute Gasteiger partial charge is 0.426 e. The molecule has 1 heterocycles. The first-order valence-electron chi connectivity index (χ1n) is 9.19. The summed E-state index contributed by atoms with van der Waals surface area (Å²) >= 11 is 0. The van der Waals surface area contributed by atoms with Crippen molar-refractivity contribution in [3.05, 3.63) is 63.6 Å². The third kappa shape index (κ3) is 6.08. The lowest BCUT2D eigenvalue weighted by Gasteiger charge is -2.23. The van der Waals surface area contributed by atoms with Gasteiger partial charge in [-0.2, -0.15) is 0 Å². The van der Waals surface area contributed by atoms with Gasteiger partial charge in [-0.05, 0) is 26.3 Å². The number of pyridine rings is 1. The first kappa shape index (κ1) is 23.0. The lowest BCUT2D eigenvalue weighted by Crippen LogP contribution is -2.36. The molecule has 0 saturated heterocycles. The van der Waals surface area contributed by atoms with Crippen LogP contribution < -0.4 is 15.6 Å². The molecule has 2 aromatic rings. The van der Waals surface area contributed by atoms with Crippen LogP contribution in [-0.2, 0) is 27.4 Å². The first-order chi connectivity index (χ1) is 14.2. The van der Waals surface area contributed by atoms with Gasteiger partial charge in [0.05, 0.1) is 19.4 Å². The maximum absolute atomic E-state index is 12.7. The molecule has 0 saturated carbocycles. The summed E-state index contributed by atoms with van der Waals surface area (Å²) in [6.45, 7) is 5.07. The van der Waals surface area contributed by atoms with Crippen molar-refractivity contribution < 1.29 is 28.5 Å². The second-order valence-corrected chi connectivity index (χ2v) is 7.33. The molecule has 0 fully saturated rings. The van der Waals surface area contributed by atoms with Crippen molar-refractivity contribution in [3.63, 3.8) is 0 Å². The molecule has 0 aliphatic rings. The Balaban J connectivity index is 2.53. The molecule has 1 aromatic heterocycles. The quantitative estimate of drug-likeness (QED) is 0.689. The average molecular weight is 418 g/mol. The van der Waals surface area contributed by atoms with E-state index < -0.39 is 23.1 Å². The molecule has 0 atom stereocenters. The van der Waals surface area contributed by atoms with Crippen LogP contribution in [0.15, 0.2) is 41.2 Å². The summed E-state index contributed by atoms with van der Waals surface area (Å²) < 4.78 is 21.9. The summed E-state index contributed by atoms with van der Waals surface area (Å²) in [5.41, 5.74) is 1.85. The van der Waals surface area contributed by atoms with Crippen LogP contribution in [0.25, 0.3) is 0 Å². The molecule has 1 amide bonds. The number of hydrogen-bond acceptors (Lipinski definition) is 7. The predicted molar refractivity (Wildman–Crippen MR) is 109 cm³/mol. The van der Waals surface area contributed by atoms with Crippen LogP contribution >= 0.6 is 0 Å². The van der Waals surface area contributed by atoms with Gasteiger partial charge in [0.25, 0.3) is 0 Å². The summed E-state index contributed by atoms with van der Waals surface area (Å²) in [4.78, 5) is 37.6. The summed E-state index contributed by atoms with van der Waals surface area (Å²) in [5.74, 6) is -1.13. The van der Waals surface area contributed by atoms with Crippen LogP contribution in [0.1, 0.15) is 42.5 Å². The Bertz CT molecular complexity index is 946.